The SMILES string of the molecule is C#CCCCC(=O)NS(=O)(=O)CCCCCCN. The van der Waals surface area contributed by atoms with Crippen LogP contribution in [-0.2, 0) is 14.8 Å². The van der Waals surface area contributed by atoms with Gasteiger partial charge in [0.2, 0.25) is 15.9 Å². The molecule has 0 atom stereocenters. The smallest absolute Gasteiger partial charge is 0.234 e. The van der Waals surface area contributed by atoms with Gasteiger partial charge in [-0.2, -0.15) is 0 Å². The maximum atomic E-state index is 11.5. The first-order valence-electron chi connectivity index (χ1n) is 6.18. The number of nitrogens with one attached hydrogen (secondary N) is 1. The number of sulfonamides is 1. The molecule has 18 heavy (non-hydrogen) atoms. The molecule has 6 heteroatoms. The van der Waals surface area contributed by atoms with Gasteiger partial charge in [0, 0.05) is 12.8 Å². The van der Waals surface area contributed by atoms with Crippen LogP contribution in [0.1, 0.15) is 44.9 Å². The lowest BCUT2D eigenvalue weighted by Crippen LogP contribution is -2.32. The second-order valence-corrected chi connectivity index (χ2v) is 5.95. The van der Waals surface area contributed by atoms with Crippen LogP contribution < -0.4 is 10.5 Å². The summed E-state index contributed by atoms with van der Waals surface area (Å²) in [4.78, 5) is 11.3. The maximum Gasteiger partial charge on any atom is 0.234 e. The number of carbonyl (C=O) groups is 1. The van der Waals surface area contributed by atoms with Gasteiger partial charge in [-0.15, -0.1) is 12.3 Å². The van der Waals surface area contributed by atoms with Crippen molar-refractivity contribution in [1.29, 1.82) is 0 Å². The van der Waals surface area contributed by atoms with Gasteiger partial charge >= 0.3 is 0 Å². The highest BCUT2D eigenvalue weighted by molar-refractivity contribution is 7.90. The number of carbonyl (C=O) groups excluding carboxylic acids is 1. The lowest BCUT2D eigenvalue weighted by Gasteiger charge is -2.06. The third kappa shape index (κ3) is 10.1. The van der Waals surface area contributed by atoms with E-state index in [4.69, 9.17) is 12.2 Å². The molecule has 0 aliphatic carbocycles. The first-order chi connectivity index (χ1) is 8.52. The van der Waals surface area contributed by atoms with Crippen LogP contribution in [-0.4, -0.2) is 26.6 Å². The molecular formula is C12H22N2O3S. The molecule has 1 amide bonds. The molecule has 0 saturated heterocycles. The Morgan fingerprint density at radius 3 is 2.44 bits per heavy atom. The summed E-state index contributed by atoms with van der Waals surface area (Å²) < 4.78 is 25.1. The van der Waals surface area contributed by atoms with Crippen molar-refractivity contribution in [3.8, 4) is 12.3 Å². The van der Waals surface area contributed by atoms with Gasteiger partial charge in [0.15, 0.2) is 0 Å². The van der Waals surface area contributed by atoms with E-state index in [2.05, 4.69) is 5.92 Å². The van der Waals surface area contributed by atoms with Crippen LogP contribution >= 0.6 is 0 Å². The fourth-order valence-electron chi connectivity index (χ4n) is 1.42. The van der Waals surface area contributed by atoms with Crippen LogP contribution in [0, 0.1) is 12.3 Å². The number of amides is 1. The van der Waals surface area contributed by atoms with Crippen molar-refractivity contribution in [2.75, 3.05) is 12.3 Å². The summed E-state index contributed by atoms with van der Waals surface area (Å²) in [5.74, 6) is 1.91. The molecule has 0 spiro atoms. The van der Waals surface area contributed by atoms with Gasteiger partial charge in [-0.05, 0) is 25.8 Å². The highest BCUT2D eigenvalue weighted by Gasteiger charge is 2.13. The third-order valence-electron chi connectivity index (χ3n) is 2.36. The number of terminal acetylenes is 1. The molecule has 0 bridgehead atoms. The largest absolute Gasteiger partial charge is 0.330 e. The number of rotatable bonds is 10. The Morgan fingerprint density at radius 1 is 1.17 bits per heavy atom. The predicted molar refractivity (Wildman–Crippen MR) is 72.1 cm³/mol. The van der Waals surface area contributed by atoms with Crippen molar-refractivity contribution in [3.05, 3.63) is 0 Å². The summed E-state index contributed by atoms with van der Waals surface area (Å²) in [6, 6.07) is 0. The predicted octanol–water partition coefficient (Wildman–Crippen LogP) is 0.755. The van der Waals surface area contributed by atoms with Gasteiger partial charge < -0.3 is 5.73 Å². The zero-order valence-corrected chi connectivity index (χ0v) is 11.5. The fourth-order valence-corrected chi connectivity index (χ4v) is 2.55. The van der Waals surface area contributed by atoms with Crippen LogP contribution in [0.4, 0.5) is 0 Å². The summed E-state index contributed by atoms with van der Waals surface area (Å²) in [6.07, 6.45) is 9.35. The Kier molecular flexibility index (Phi) is 9.33. The first-order valence-corrected chi connectivity index (χ1v) is 7.84. The van der Waals surface area contributed by atoms with Gasteiger partial charge in [0.1, 0.15) is 0 Å². The highest BCUT2D eigenvalue weighted by Crippen LogP contribution is 2.02. The Morgan fingerprint density at radius 2 is 1.83 bits per heavy atom. The Hall–Kier alpha value is -1.06. The number of unbranched alkanes of at least 4 members (excludes halogenated alkanes) is 4. The minimum atomic E-state index is -3.49. The van der Waals surface area contributed by atoms with E-state index in [1.54, 1.807) is 0 Å². The summed E-state index contributed by atoms with van der Waals surface area (Å²) in [7, 11) is -3.49. The van der Waals surface area contributed by atoms with Crippen LogP contribution in [0.15, 0.2) is 0 Å². The summed E-state index contributed by atoms with van der Waals surface area (Å²) in [5.41, 5.74) is 5.33. The summed E-state index contributed by atoms with van der Waals surface area (Å²) in [6.45, 7) is 0.624. The Bertz CT molecular complexity index is 371. The van der Waals surface area contributed by atoms with Crippen molar-refractivity contribution in [2.24, 2.45) is 5.73 Å². The minimum absolute atomic E-state index is 0.0154. The second kappa shape index (κ2) is 9.92. The van der Waals surface area contributed by atoms with E-state index >= 15 is 0 Å². The molecule has 0 aliphatic heterocycles. The molecule has 0 saturated carbocycles. The summed E-state index contributed by atoms with van der Waals surface area (Å²) in [5, 5.41) is 0. The number of nitrogens with two attached hydrogens (primary N) is 1. The van der Waals surface area contributed by atoms with Crippen LogP contribution in [0.25, 0.3) is 0 Å². The molecule has 0 aromatic carbocycles. The fraction of sp³-hybridized carbons (Fsp3) is 0.750. The van der Waals surface area contributed by atoms with E-state index in [-0.39, 0.29) is 12.2 Å². The van der Waals surface area contributed by atoms with Crippen LogP contribution in [0.5, 0.6) is 0 Å². The van der Waals surface area contributed by atoms with Crippen molar-refractivity contribution in [1.82, 2.24) is 4.72 Å². The first kappa shape index (κ1) is 16.9. The van der Waals surface area contributed by atoms with E-state index in [1.165, 1.54) is 0 Å². The van der Waals surface area contributed by atoms with Crippen LogP contribution in [0.3, 0.4) is 0 Å². The van der Waals surface area contributed by atoms with Crippen LogP contribution in [0.2, 0.25) is 0 Å². The van der Waals surface area contributed by atoms with E-state index < -0.39 is 15.9 Å². The van der Waals surface area contributed by atoms with E-state index in [0.29, 0.717) is 25.8 Å². The molecule has 5 nitrogen and oxygen atoms in total. The van der Waals surface area contributed by atoms with Crippen molar-refractivity contribution < 1.29 is 13.2 Å². The standard InChI is InChI=1S/C12H22N2O3S/c1-2-3-6-9-12(15)14-18(16,17)11-8-5-4-7-10-13/h1H,3-11,13H2,(H,14,15). The van der Waals surface area contributed by atoms with E-state index in [0.717, 1.165) is 19.3 Å². The number of hydrogen-bond acceptors (Lipinski definition) is 4. The van der Waals surface area contributed by atoms with Gasteiger partial charge in [0.25, 0.3) is 0 Å². The second-order valence-electron chi connectivity index (χ2n) is 4.10. The van der Waals surface area contributed by atoms with Gasteiger partial charge in [-0.3, -0.25) is 9.52 Å². The van der Waals surface area contributed by atoms with Crippen molar-refractivity contribution in [2.45, 2.75) is 44.9 Å². The van der Waals surface area contributed by atoms with Gasteiger partial charge in [-0.1, -0.05) is 12.8 Å². The number of hydrogen-bond donors (Lipinski definition) is 2. The Balaban J connectivity index is 3.79. The normalized spacial score (nSPS) is 10.9. The van der Waals surface area contributed by atoms with Crippen molar-refractivity contribution in [3.63, 3.8) is 0 Å². The highest BCUT2D eigenvalue weighted by atomic mass is 32.2. The minimum Gasteiger partial charge on any atom is -0.330 e. The van der Waals surface area contributed by atoms with Gasteiger partial charge in [-0.25, -0.2) is 8.42 Å². The monoisotopic (exact) mass is 274 g/mol. The topological polar surface area (TPSA) is 89.3 Å². The molecule has 0 radical (unpaired) electrons. The molecule has 3 N–H and O–H groups in total. The zero-order chi connectivity index (χ0) is 13.9. The van der Waals surface area contributed by atoms with E-state index in [1.807, 2.05) is 4.72 Å². The third-order valence-corrected chi connectivity index (χ3v) is 3.73. The summed E-state index contributed by atoms with van der Waals surface area (Å²) >= 11 is 0. The molecule has 0 unspecified atom stereocenters. The molecule has 0 fully saturated rings. The molecule has 0 aliphatic rings. The molecule has 0 heterocycles. The van der Waals surface area contributed by atoms with Crippen molar-refractivity contribution >= 4 is 15.9 Å². The average Bonchev–Trinajstić information content (AvgIpc) is 2.28. The lowest BCUT2D eigenvalue weighted by atomic mass is 10.2. The van der Waals surface area contributed by atoms with Gasteiger partial charge in [0.05, 0.1) is 5.75 Å². The molecule has 0 aromatic rings. The molecule has 0 aromatic heterocycles. The maximum absolute atomic E-state index is 11.5. The molecule has 104 valence electrons. The lowest BCUT2D eigenvalue weighted by molar-refractivity contribution is -0.119. The molecular weight excluding hydrogens is 252 g/mol. The zero-order valence-electron chi connectivity index (χ0n) is 10.7. The Labute approximate surface area is 110 Å². The average molecular weight is 274 g/mol. The van der Waals surface area contributed by atoms with E-state index in [9.17, 15) is 13.2 Å². The molecule has 0 rings (SSSR count). The quantitative estimate of drug-likeness (QED) is 0.454.